The number of unbranched alkanes of at least 4 members (excludes halogenated alkanes) is 4. The molecule has 0 heterocycles. The van der Waals surface area contributed by atoms with Gasteiger partial charge in [-0.1, -0.05) is 27.2 Å². The van der Waals surface area contributed by atoms with E-state index in [0.717, 1.165) is 19.3 Å². The Hall–Kier alpha value is -1.67. The van der Waals surface area contributed by atoms with Crippen molar-refractivity contribution in [2.75, 3.05) is 13.2 Å². The fraction of sp³-hybridized carbons (Fsp3) is 0.875. The third-order valence-electron chi connectivity index (χ3n) is 5.59. The summed E-state index contributed by atoms with van der Waals surface area (Å²) in [6, 6.07) is 0. The van der Waals surface area contributed by atoms with Crippen LogP contribution in [0.5, 0.6) is 0 Å². The maximum Gasteiger partial charge on any atom is 0.306 e. The largest absolute Gasteiger partial charge is 0.466 e. The van der Waals surface area contributed by atoms with Crippen molar-refractivity contribution in [1.29, 1.82) is 0 Å². The summed E-state index contributed by atoms with van der Waals surface area (Å²) in [6.07, 6.45) is 4.07. The first-order valence-corrected chi connectivity index (χ1v) is 11.9. The topological polar surface area (TPSA) is 119 Å². The molecule has 188 valence electrons. The lowest BCUT2D eigenvalue weighted by Gasteiger charge is -2.38. The Bertz CT molecular complexity index is 546. The molecule has 0 saturated heterocycles. The van der Waals surface area contributed by atoms with E-state index >= 15 is 0 Å². The number of hydrogen-bond acceptors (Lipinski definition) is 8. The second-order valence-electron chi connectivity index (χ2n) is 8.95. The minimum atomic E-state index is -0.669. The summed E-state index contributed by atoms with van der Waals surface area (Å²) in [7, 11) is 0. The predicted molar refractivity (Wildman–Crippen MR) is 121 cm³/mol. The molecular formula is C24H44O8. The molecule has 0 aliphatic rings. The van der Waals surface area contributed by atoms with E-state index in [1.165, 1.54) is 6.92 Å². The Kier molecular flexibility index (Phi) is 16.0. The van der Waals surface area contributed by atoms with Crippen molar-refractivity contribution >= 4 is 17.9 Å². The average Bonchev–Trinajstić information content (AvgIpc) is 2.72. The van der Waals surface area contributed by atoms with Crippen LogP contribution in [0.25, 0.3) is 0 Å². The van der Waals surface area contributed by atoms with Gasteiger partial charge in [-0.25, -0.2) is 0 Å². The Labute approximate surface area is 193 Å². The normalized spacial score (nSPS) is 14.3. The second-order valence-corrected chi connectivity index (χ2v) is 8.95. The van der Waals surface area contributed by atoms with Gasteiger partial charge in [-0.05, 0) is 45.4 Å². The van der Waals surface area contributed by atoms with Crippen LogP contribution < -0.4 is 0 Å². The molecule has 0 radical (unpaired) electrons. The van der Waals surface area contributed by atoms with E-state index < -0.39 is 29.7 Å². The summed E-state index contributed by atoms with van der Waals surface area (Å²) in [5.41, 5.74) is -0.669. The summed E-state index contributed by atoms with van der Waals surface area (Å²) in [6.45, 7) is 9.10. The number of aliphatic hydroxyl groups is 2. The SMILES string of the molecule is CCC(O)C(C)(C)C(CC(C)OC(=O)CCCCCOC(=O)CCCCCO)OC(C)=O. The number of hydrogen-bond donors (Lipinski definition) is 2. The van der Waals surface area contributed by atoms with Crippen molar-refractivity contribution in [3.8, 4) is 0 Å². The molecule has 0 amide bonds. The van der Waals surface area contributed by atoms with Gasteiger partial charge in [-0.2, -0.15) is 0 Å². The van der Waals surface area contributed by atoms with E-state index in [0.29, 0.717) is 45.1 Å². The molecule has 0 spiro atoms. The van der Waals surface area contributed by atoms with Crippen LogP contribution in [0.2, 0.25) is 0 Å². The maximum atomic E-state index is 12.1. The van der Waals surface area contributed by atoms with Gasteiger partial charge in [-0.15, -0.1) is 0 Å². The molecule has 8 heteroatoms. The van der Waals surface area contributed by atoms with Crippen LogP contribution in [-0.4, -0.2) is 59.6 Å². The fourth-order valence-electron chi connectivity index (χ4n) is 3.44. The van der Waals surface area contributed by atoms with Crippen molar-refractivity contribution in [1.82, 2.24) is 0 Å². The zero-order valence-electron chi connectivity index (χ0n) is 20.6. The first-order valence-electron chi connectivity index (χ1n) is 11.9. The van der Waals surface area contributed by atoms with Gasteiger partial charge in [-0.3, -0.25) is 14.4 Å². The number of aliphatic hydroxyl groups excluding tert-OH is 2. The van der Waals surface area contributed by atoms with Gasteiger partial charge >= 0.3 is 17.9 Å². The third-order valence-corrected chi connectivity index (χ3v) is 5.59. The first-order chi connectivity index (χ1) is 15.0. The second kappa shape index (κ2) is 16.9. The van der Waals surface area contributed by atoms with E-state index in [-0.39, 0.29) is 25.0 Å². The van der Waals surface area contributed by atoms with Gasteiger partial charge in [0.15, 0.2) is 0 Å². The van der Waals surface area contributed by atoms with Crippen LogP contribution in [0.4, 0.5) is 0 Å². The van der Waals surface area contributed by atoms with E-state index in [9.17, 15) is 19.5 Å². The van der Waals surface area contributed by atoms with Gasteiger partial charge in [0.2, 0.25) is 0 Å². The molecule has 0 aromatic rings. The van der Waals surface area contributed by atoms with Gasteiger partial charge < -0.3 is 24.4 Å². The van der Waals surface area contributed by atoms with E-state index in [4.69, 9.17) is 19.3 Å². The molecule has 0 aromatic carbocycles. The van der Waals surface area contributed by atoms with Crippen LogP contribution in [0.1, 0.15) is 98.8 Å². The van der Waals surface area contributed by atoms with Crippen LogP contribution in [-0.2, 0) is 28.6 Å². The molecule has 3 unspecified atom stereocenters. The minimum Gasteiger partial charge on any atom is -0.466 e. The zero-order chi connectivity index (χ0) is 24.6. The summed E-state index contributed by atoms with van der Waals surface area (Å²) < 4.78 is 16.0. The molecule has 0 fully saturated rings. The van der Waals surface area contributed by atoms with Crippen molar-refractivity contribution in [3.63, 3.8) is 0 Å². The zero-order valence-corrected chi connectivity index (χ0v) is 20.6. The minimum absolute atomic E-state index is 0.142. The van der Waals surface area contributed by atoms with E-state index in [1.54, 1.807) is 6.92 Å². The summed E-state index contributed by atoms with van der Waals surface area (Å²) in [5.74, 6) is -0.987. The number of esters is 3. The monoisotopic (exact) mass is 460 g/mol. The number of rotatable bonds is 18. The molecule has 8 nitrogen and oxygen atoms in total. The molecule has 3 atom stereocenters. The number of carbonyl (C=O) groups is 3. The van der Waals surface area contributed by atoms with Crippen LogP contribution in [0, 0.1) is 5.41 Å². The quantitative estimate of drug-likeness (QED) is 0.181. The van der Waals surface area contributed by atoms with E-state index in [2.05, 4.69) is 0 Å². The third kappa shape index (κ3) is 13.7. The Morgan fingerprint density at radius 1 is 0.906 bits per heavy atom. The highest BCUT2D eigenvalue weighted by atomic mass is 16.6. The van der Waals surface area contributed by atoms with Crippen LogP contribution in [0.3, 0.4) is 0 Å². The molecule has 2 N–H and O–H groups in total. The summed E-state index contributed by atoms with van der Waals surface area (Å²) >= 11 is 0. The highest BCUT2D eigenvalue weighted by Crippen LogP contribution is 2.33. The lowest BCUT2D eigenvalue weighted by atomic mass is 9.77. The van der Waals surface area contributed by atoms with Crippen molar-refractivity contribution < 1.29 is 38.8 Å². The Morgan fingerprint density at radius 2 is 1.50 bits per heavy atom. The molecular weight excluding hydrogens is 416 g/mol. The molecule has 0 bridgehead atoms. The molecule has 0 rings (SSSR count). The molecule has 0 saturated carbocycles. The highest BCUT2D eigenvalue weighted by Gasteiger charge is 2.39. The fourth-order valence-corrected chi connectivity index (χ4v) is 3.44. The number of ether oxygens (including phenoxy) is 3. The van der Waals surface area contributed by atoms with Gasteiger partial charge in [0.1, 0.15) is 12.2 Å². The van der Waals surface area contributed by atoms with Gasteiger partial charge in [0.05, 0.1) is 12.7 Å². The van der Waals surface area contributed by atoms with Crippen molar-refractivity contribution in [3.05, 3.63) is 0 Å². The Balaban J connectivity index is 4.18. The molecule has 0 aromatic heterocycles. The smallest absolute Gasteiger partial charge is 0.306 e. The van der Waals surface area contributed by atoms with Crippen LogP contribution in [0.15, 0.2) is 0 Å². The van der Waals surface area contributed by atoms with Crippen LogP contribution >= 0.6 is 0 Å². The lowest BCUT2D eigenvalue weighted by Crippen LogP contribution is -2.44. The van der Waals surface area contributed by atoms with Crippen molar-refractivity contribution in [2.24, 2.45) is 5.41 Å². The highest BCUT2D eigenvalue weighted by molar-refractivity contribution is 5.69. The van der Waals surface area contributed by atoms with E-state index in [1.807, 2.05) is 20.8 Å². The van der Waals surface area contributed by atoms with Gasteiger partial charge in [0.25, 0.3) is 0 Å². The standard InChI is InChI=1S/C24H44O8/c1-6-20(27)24(4,5)21(32-19(3)26)17-18(2)31-23(29)14-10-8-12-16-30-22(28)13-9-7-11-15-25/h18,20-21,25,27H,6-17H2,1-5H3. The summed E-state index contributed by atoms with van der Waals surface area (Å²) in [5, 5.41) is 19.0. The molecule has 0 aliphatic heterocycles. The molecule has 32 heavy (non-hydrogen) atoms. The van der Waals surface area contributed by atoms with Gasteiger partial charge in [0, 0.05) is 38.2 Å². The Morgan fingerprint density at radius 3 is 2.06 bits per heavy atom. The summed E-state index contributed by atoms with van der Waals surface area (Å²) in [4.78, 5) is 35.2. The maximum absolute atomic E-state index is 12.1. The average molecular weight is 461 g/mol. The van der Waals surface area contributed by atoms with Crippen molar-refractivity contribution in [2.45, 2.75) is 117 Å². The predicted octanol–water partition coefficient (Wildman–Crippen LogP) is 3.69. The lowest BCUT2D eigenvalue weighted by molar-refractivity contribution is -0.164. The first kappa shape index (κ1) is 30.3. The number of carbonyl (C=O) groups excluding carboxylic acids is 3. The molecule has 0 aliphatic carbocycles.